The highest BCUT2D eigenvalue weighted by Crippen LogP contribution is 2.38. The molecule has 3 N–H and O–H groups in total. The summed E-state index contributed by atoms with van der Waals surface area (Å²) in [5.74, 6) is -0.372. The normalized spacial score (nSPS) is 10.3. The molecule has 2 aromatic rings. The van der Waals surface area contributed by atoms with Gasteiger partial charge in [0.15, 0.2) is 0 Å². The van der Waals surface area contributed by atoms with Crippen LogP contribution in [0.25, 0.3) is 0 Å². The van der Waals surface area contributed by atoms with E-state index in [2.05, 4.69) is 0 Å². The van der Waals surface area contributed by atoms with Crippen LogP contribution in [0.4, 0.5) is 5.69 Å². The second-order valence-corrected chi connectivity index (χ2v) is 5.46. The Kier molecular flexibility index (Phi) is 4.42. The molecule has 0 bridgehead atoms. The highest BCUT2D eigenvalue weighted by atomic mass is 35.5. The molecule has 0 aromatic heterocycles. The van der Waals surface area contributed by atoms with E-state index in [1.54, 1.807) is 7.11 Å². The van der Waals surface area contributed by atoms with Crippen molar-refractivity contribution in [3.8, 4) is 5.75 Å². The Labute approximate surface area is 125 Å². The fourth-order valence-corrected chi connectivity index (χ4v) is 2.97. The summed E-state index contributed by atoms with van der Waals surface area (Å²) >= 11 is 7.37. The van der Waals surface area contributed by atoms with Gasteiger partial charge in [0.25, 0.3) is 0 Å². The number of hydrogen-bond donors (Lipinski definition) is 2. The average Bonchev–Trinajstić information content (AvgIpc) is 2.41. The quantitative estimate of drug-likeness (QED) is 0.841. The third kappa shape index (κ3) is 3.18. The number of carboxylic acids is 1. The third-order valence-electron chi connectivity index (χ3n) is 2.56. The highest BCUT2D eigenvalue weighted by molar-refractivity contribution is 7.99. The van der Waals surface area contributed by atoms with Crippen LogP contribution < -0.4 is 10.5 Å². The molecule has 0 amide bonds. The molecular formula is C14H12ClNO3S. The molecule has 20 heavy (non-hydrogen) atoms. The average molecular weight is 310 g/mol. The maximum Gasteiger partial charge on any atom is 0.336 e. The molecule has 0 spiro atoms. The molecule has 0 saturated heterocycles. The van der Waals surface area contributed by atoms with Gasteiger partial charge in [0.1, 0.15) is 5.75 Å². The monoisotopic (exact) mass is 309 g/mol. The van der Waals surface area contributed by atoms with Crippen LogP contribution in [0, 0.1) is 0 Å². The minimum atomic E-state index is -1.07. The summed E-state index contributed by atoms with van der Waals surface area (Å²) in [6.45, 7) is 0. The summed E-state index contributed by atoms with van der Waals surface area (Å²) in [6.07, 6.45) is 0. The molecular weight excluding hydrogens is 298 g/mol. The van der Waals surface area contributed by atoms with Gasteiger partial charge in [0.2, 0.25) is 0 Å². The van der Waals surface area contributed by atoms with Gasteiger partial charge < -0.3 is 15.6 Å². The largest absolute Gasteiger partial charge is 0.497 e. The highest BCUT2D eigenvalue weighted by Gasteiger charge is 2.16. The molecule has 0 aliphatic carbocycles. The van der Waals surface area contributed by atoms with Crippen LogP contribution in [-0.4, -0.2) is 18.2 Å². The summed E-state index contributed by atoms with van der Waals surface area (Å²) in [7, 11) is 1.57. The Morgan fingerprint density at radius 2 is 2.10 bits per heavy atom. The molecule has 0 radical (unpaired) electrons. The van der Waals surface area contributed by atoms with Crippen molar-refractivity contribution in [2.75, 3.05) is 12.8 Å². The van der Waals surface area contributed by atoms with Gasteiger partial charge in [-0.3, -0.25) is 0 Å². The lowest BCUT2D eigenvalue weighted by Gasteiger charge is -2.10. The van der Waals surface area contributed by atoms with Crippen LogP contribution in [0.1, 0.15) is 10.4 Å². The van der Waals surface area contributed by atoms with Crippen LogP contribution in [0.5, 0.6) is 5.75 Å². The first kappa shape index (κ1) is 14.6. The first-order chi connectivity index (χ1) is 9.51. The minimum absolute atomic E-state index is 0.0859. The van der Waals surface area contributed by atoms with E-state index in [4.69, 9.17) is 22.1 Å². The summed E-state index contributed by atoms with van der Waals surface area (Å²) in [5, 5.41) is 9.56. The lowest BCUT2D eigenvalue weighted by molar-refractivity contribution is 0.0693. The maximum absolute atomic E-state index is 11.3. The van der Waals surface area contributed by atoms with Crippen molar-refractivity contribution in [2.24, 2.45) is 0 Å². The summed E-state index contributed by atoms with van der Waals surface area (Å²) in [6, 6.07) is 10.2. The summed E-state index contributed by atoms with van der Waals surface area (Å²) < 4.78 is 5.14. The Hall–Kier alpha value is -1.85. The zero-order valence-corrected chi connectivity index (χ0v) is 12.2. The van der Waals surface area contributed by atoms with Gasteiger partial charge in [0, 0.05) is 15.5 Å². The molecule has 0 heterocycles. The molecule has 104 valence electrons. The molecule has 0 unspecified atom stereocenters. The summed E-state index contributed by atoms with van der Waals surface area (Å²) in [4.78, 5) is 12.6. The lowest BCUT2D eigenvalue weighted by atomic mass is 10.2. The molecule has 0 aliphatic heterocycles. The molecule has 4 nitrogen and oxygen atoms in total. The number of anilines is 1. The van der Waals surface area contributed by atoms with Crippen molar-refractivity contribution >= 4 is 35.0 Å². The van der Waals surface area contributed by atoms with E-state index >= 15 is 0 Å². The fourth-order valence-electron chi connectivity index (χ4n) is 1.66. The SMILES string of the molecule is COc1cccc(Sc2c(Cl)cc(N)cc2C(=O)O)c1. The molecule has 6 heteroatoms. The van der Waals surface area contributed by atoms with Crippen molar-refractivity contribution in [2.45, 2.75) is 9.79 Å². The summed E-state index contributed by atoms with van der Waals surface area (Å²) in [5.41, 5.74) is 6.04. The number of rotatable bonds is 4. The van der Waals surface area contributed by atoms with Crippen molar-refractivity contribution in [1.29, 1.82) is 0 Å². The number of nitrogen functional groups attached to an aromatic ring is 1. The topological polar surface area (TPSA) is 72.5 Å². The number of halogens is 1. The predicted octanol–water partition coefficient (Wildman–Crippen LogP) is 3.78. The molecule has 2 rings (SSSR count). The molecule has 0 aliphatic rings. The predicted molar refractivity (Wildman–Crippen MR) is 79.9 cm³/mol. The van der Waals surface area contributed by atoms with Gasteiger partial charge in [0.05, 0.1) is 17.7 Å². The van der Waals surface area contributed by atoms with Crippen LogP contribution in [0.15, 0.2) is 46.2 Å². The van der Waals surface area contributed by atoms with Crippen LogP contribution >= 0.6 is 23.4 Å². The number of carbonyl (C=O) groups is 1. The van der Waals surface area contributed by atoms with Gasteiger partial charge in [-0.05, 0) is 30.3 Å². The zero-order chi connectivity index (χ0) is 14.7. The van der Waals surface area contributed by atoms with E-state index in [0.717, 1.165) is 4.90 Å². The van der Waals surface area contributed by atoms with Crippen LogP contribution in [0.3, 0.4) is 0 Å². The number of benzene rings is 2. The minimum Gasteiger partial charge on any atom is -0.497 e. The first-order valence-corrected chi connectivity index (χ1v) is 6.85. The van der Waals surface area contributed by atoms with E-state index in [1.165, 1.54) is 23.9 Å². The van der Waals surface area contributed by atoms with E-state index in [1.807, 2.05) is 24.3 Å². The van der Waals surface area contributed by atoms with E-state index < -0.39 is 5.97 Å². The van der Waals surface area contributed by atoms with Gasteiger partial charge in [-0.15, -0.1) is 0 Å². The second kappa shape index (κ2) is 6.07. The number of hydrogen-bond acceptors (Lipinski definition) is 4. The number of nitrogens with two attached hydrogens (primary N) is 1. The van der Waals surface area contributed by atoms with Crippen LogP contribution in [-0.2, 0) is 0 Å². The Morgan fingerprint density at radius 1 is 1.35 bits per heavy atom. The number of carboxylic acid groups (broad SMARTS) is 1. The van der Waals surface area contributed by atoms with Crippen molar-refractivity contribution < 1.29 is 14.6 Å². The third-order valence-corrected chi connectivity index (χ3v) is 4.10. The van der Waals surface area contributed by atoms with Gasteiger partial charge in [-0.25, -0.2) is 4.79 Å². The van der Waals surface area contributed by atoms with Crippen molar-refractivity contribution in [1.82, 2.24) is 0 Å². The molecule has 0 saturated carbocycles. The van der Waals surface area contributed by atoms with E-state index in [9.17, 15) is 9.90 Å². The second-order valence-electron chi connectivity index (χ2n) is 3.97. The van der Waals surface area contributed by atoms with Gasteiger partial charge >= 0.3 is 5.97 Å². The number of methoxy groups -OCH3 is 1. The molecule has 0 fully saturated rings. The van der Waals surface area contributed by atoms with E-state index in [0.29, 0.717) is 21.4 Å². The fraction of sp³-hybridized carbons (Fsp3) is 0.0714. The van der Waals surface area contributed by atoms with Gasteiger partial charge in [-0.1, -0.05) is 29.4 Å². The Balaban J connectivity index is 2.44. The van der Waals surface area contributed by atoms with Gasteiger partial charge in [-0.2, -0.15) is 0 Å². The first-order valence-electron chi connectivity index (χ1n) is 5.65. The standard InChI is InChI=1S/C14H12ClNO3S/c1-19-9-3-2-4-10(7-9)20-13-11(14(17)18)5-8(16)6-12(13)15/h2-7H,16H2,1H3,(H,17,18). The smallest absolute Gasteiger partial charge is 0.336 e. The molecule has 2 aromatic carbocycles. The Morgan fingerprint density at radius 3 is 2.75 bits per heavy atom. The number of ether oxygens (including phenoxy) is 1. The lowest BCUT2D eigenvalue weighted by Crippen LogP contribution is -2.01. The molecule has 0 atom stereocenters. The van der Waals surface area contributed by atoms with E-state index in [-0.39, 0.29) is 5.56 Å². The maximum atomic E-state index is 11.3. The number of aromatic carboxylic acids is 1. The zero-order valence-electron chi connectivity index (χ0n) is 10.6. The van der Waals surface area contributed by atoms with Crippen molar-refractivity contribution in [3.63, 3.8) is 0 Å². The Bertz CT molecular complexity index is 661. The van der Waals surface area contributed by atoms with Crippen molar-refractivity contribution in [3.05, 3.63) is 47.0 Å². The van der Waals surface area contributed by atoms with Crippen LogP contribution in [0.2, 0.25) is 5.02 Å².